The highest BCUT2D eigenvalue weighted by molar-refractivity contribution is 6.47. The van der Waals surface area contributed by atoms with E-state index < -0.39 is 5.78 Å². The van der Waals surface area contributed by atoms with E-state index in [9.17, 15) is 9.90 Å². The van der Waals surface area contributed by atoms with Crippen LogP contribution in [0.1, 0.15) is 15.9 Å². The average Bonchev–Trinajstić information content (AvgIpc) is 2.39. The van der Waals surface area contributed by atoms with Gasteiger partial charge in [0.25, 0.3) is 0 Å². The molecule has 0 radical (unpaired) electrons. The van der Waals surface area contributed by atoms with E-state index in [1.807, 2.05) is 30.3 Å². The first-order valence-electron chi connectivity index (χ1n) is 5.43. The lowest BCUT2D eigenvalue weighted by molar-refractivity contribution is 0.104. The molecule has 0 aromatic heterocycles. The standard InChI is InChI=1S/C15H11ClO2/c16-13(10-11-6-2-1-3-7-11)15(18)12-8-4-5-9-14(12)17/h1-10,17H. The molecule has 0 bridgehead atoms. The van der Waals surface area contributed by atoms with Gasteiger partial charge in [0.15, 0.2) is 0 Å². The molecule has 3 heteroatoms. The number of phenols is 1. The number of Topliss-reactive ketones (excluding diaryl/α,β-unsaturated/α-hetero) is 1. The largest absolute Gasteiger partial charge is 0.507 e. The van der Waals surface area contributed by atoms with Crippen LogP contribution in [0.4, 0.5) is 0 Å². The third kappa shape index (κ3) is 2.79. The summed E-state index contributed by atoms with van der Waals surface area (Å²) in [5, 5.41) is 9.66. The number of ketones is 1. The molecule has 0 aliphatic heterocycles. The number of phenolic OH excluding ortho intramolecular Hbond substituents is 1. The maximum Gasteiger partial charge on any atom is 0.208 e. The van der Waals surface area contributed by atoms with Gasteiger partial charge in [-0.15, -0.1) is 0 Å². The van der Waals surface area contributed by atoms with E-state index in [4.69, 9.17) is 11.6 Å². The third-order valence-corrected chi connectivity index (χ3v) is 2.74. The predicted molar refractivity (Wildman–Crippen MR) is 72.7 cm³/mol. The van der Waals surface area contributed by atoms with Gasteiger partial charge < -0.3 is 5.11 Å². The van der Waals surface area contributed by atoms with Crippen molar-refractivity contribution in [3.8, 4) is 5.75 Å². The fourth-order valence-electron chi connectivity index (χ4n) is 1.56. The third-order valence-electron chi connectivity index (χ3n) is 2.46. The quantitative estimate of drug-likeness (QED) is 0.671. The van der Waals surface area contributed by atoms with Crippen molar-refractivity contribution in [3.63, 3.8) is 0 Å². The topological polar surface area (TPSA) is 37.3 Å². The normalized spacial score (nSPS) is 11.3. The number of hydrogen-bond acceptors (Lipinski definition) is 2. The molecule has 2 aromatic rings. The van der Waals surface area contributed by atoms with E-state index in [1.54, 1.807) is 24.3 Å². The minimum absolute atomic E-state index is 0.0675. The van der Waals surface area contributed by atoms with Crippen LogP contribution in [0.25, 0.3) is 6.08 Å². The molecule has 0 heterocycles. The van der Waals surface area contributed by atoms with Crippen molar-refractivity contribution in [2.45, 2.75) is 0 Å². The van der Waals surface area contributed by atoms with Crippen molar-refractivity contribution in [1.82, 2.24) is 0 Å². The van der Waals surface area contributed by atoms with E-state index in [0.29, 0.717) is 0 Å². The molecule has 0 atom stereocenters. The number of aromatic hydroxyl groups is 1. The first kappa shape index (κ1) is 12.4. The van der Waals surface area contributed by atoms with Gasteiger partial charge >= 0.3 is 0 Å². The molecule has 90 valence electrons. The first-order chi connectivity index (χ1) is 8.68. The summed E-state index contributed by atoms with van der Waals surface area (Å²) < 4.78 is 0. The Bertz CT molecular complexity index is 588. The van der Waals surface area contributed by atoms with Gasteiger partial charge in [-0.1, -0.05) is 54.1 Å². The Kier molecular flexibility index (Phi) is 3.80. The van der Waals surface area contributed by atoms with Gasteiger partial charge in [-0.25, -0.2) is 0 Å². The second kappa shape index (κ2) is 5.52. The zero-order chi connectivity index (χ0) is 13.0. The van der Waals surface area contributed by atoms with Crippen molar-refractivity contribution < 1.29 is 9.90 Å². The predicted octanol–water partition coefficient (Wildman–Crippen LogP) is 3.85. The van der Waals surface area contributed by atoms with Gasteiger partial charge in [0.05, 0.1) is 10.6 Å². The van der Waals surface area contributed by atoms with Crippen LogP contribution in [0, 0.1) is 0 Å². The lowest BCUT2D eigenvalue weighted by atomic mass is 10.1. The summed E-state index contributed by atoms with van der Waals surface area (Å²) in [5.74, 6) is -0.458. The van der Waals surface area contributed by atoms with Crippen molar-refractivity contribution in [3.05, 3.63) is 70.8 Å². The highest BCUT2D eigenvalue weighted by Gasteiger charge is 2.13. The van der Waals surface area contributed by atoms with Crippen molar-refractivity contribution in [2.75, 3.05) is 0 Å². The molecule has 18 heavy (non-hydrogen) atoms. The molecular formula is C15H11ClO2. The average molecular weight is 259 g/mol. The Morgan fingerprint density at radius 2 is 1.61 bits per heavy atom. The van der Waals surface area contributed by atoms with Crippen LogP contribution in [0.3, 0.4) is 0 Å². The molecule has 0 saturated carbocycles. The number of rotatable bonds is 3. The Balaban J connectivity index is 2.30. The lowest BCUT2D eigenvalue weighted by Crippen LogP contribution is -1.99. The first-order valence-corrected chi connectivity index (χ1v) is 5.81. The highest BCUT2D eigenvalue weighted by atomic mass is 35.5. The molecule has 2 aromatic carbocycles. The molecule has 2 rings (SSSR count). The van der Waals surface area contributed by atoms with E-state index in [2.05, 4.69) is 0 Å². The van der Waals surface area contributed by atoms with Crippen LogP contribution in [-0.2, 0) is 0 Å². The van der Waals surface area contributed by atoms with Crippen molar-refractivity contribution in [2.24, 2.45) is 0 Å². The molecule has 0 aliphatic carbocycles. The summed E-state index contributed by atoms with van der Waals surface area (Å²) in [7, 11) is 0. The maximum absolute atomic E-state index is 12.0. The van der Waals surface area contributed by atoms with E-state index in [-0.39, 0.29) is 16.3 Å². The minimum atomic E-state index is -0.390. The summed E-state index contributed by atoms with van der Waals surface area (Å²) >= 11 is 5.97. The smallest absolute Gasteiger partial charge is 0.208 e. The zero-order valence-electron chi connectivity index (χ0n) is 9.51. The maximum atomic E-state index is 12.0. The van der Waals surface area contributed by atoms with Gasteiger partial charge in [-0.05, 0) is 23.8 Å². The molecule has 0 aliphatic rings. The van der Waals surface area contributed by atoms with E-state index >= 15 is 0 Å². The molecular weight excluding hydrogens is 248 g/mol. The summed E-state index contributed by atoms with van der Waals surface area (Å²) in [6.45, 7) is 0. The molecule has 0 fully saturated rings. The highest BCUT2D eigenvalue weighted by Crippen LogP contribution is 2.22. The molecule has 1 N–H and O–H groups in total. The summed E-state index contributed by atoms with van der Waals surface area (Å²) in [5.41, 5.74) is 1.04. The molecule has 0 saturated heterocycles. The second-order valence-electron chi connectivity index (χ2n) is 3.75. The number of carbonyl (C=O) groups excluding carboxylic acids is 1. The number of benzene rings is 2. The van der Waals surface area contributed by atoms with Gasteiger partial charge in [-0.2, -0.15) is 0 Å². The number of halogens is 1. The van der Waals surface area contributed by atoms with Gasteiger partial charge in [-0.3, -0.25) is 4.79 Å². The zero-order valence-corrected chi connectivity index (χ0v) is 10.3. The lowest BCUT2D eigenvalue weighted by Gasteiger charge is -2.02. The molecule has 0 unspecified atom stereocenters. The van der Waals surface area contributed by atoms with Crippen LogP contribution >= 0.6 is 11.6 Å². The molecule has 2 nitrogen and oxygen atoms in total. The van der Waals surface area contributed by atoms with Crippen molar-refractivity contribution >= 4 is 23.5 Å². The van der Waals surface area contributed by atoms with E-state index in [1.165, 1.54) is 6.07 Å². The Hall–Kier alpha value is -2.06. The van der Waals surface area contributed by atoms with E-state index in [0.717, 1.165) is 5.56 Å². The Morgan fingerprint density at radius 1 is 1.00 bits per heavy atom. The number of carbonyl (C=O) groups is 1. The van der Waals surface area contributed by atoms with Gasteiger partial charge in [0.2, 0.25) is 5.78 Å². The SMILES string of the molecule is O=C(C(Cl)=Cc1ccccc1)c1ccccc1O. The Morgan fingerprint density at radius 3 is 2.28 bits per heavy atom. The Labute approximate surface area is 110 Å². The summed E-state index contributed by atoms with van der Waals surface area (Å²) in [6, 6.07) is 15.6. The van der Waals surface area contributed by atoms with Crippen LogP contribution in [0.5, 0.6) is 5.75 Å². The number of allylic oxidation sites excluding steroid dienone is 1. The van der Waals surface area contributed by atoms with Crippen LogP contribution in [0.2, 0.25) is 0 Å². The van der Waals surface area contributed by atoms with Crippen LogP contribution in [-0.4, -0.2) is 10.9 Å². The summed E-state index contributed by atoms with van der Waals surface area (Å²) in [4.78, 5) is 12.0. The van der Waals surface area contributed by atoms with Crippen molar-refractivity contribution in [1.29, 1.82) is 0 Å². The van der Waals surface area contributed by atoms with Gasteiger partial charge in [0, 0.05) is 0 Å². The molecule has 0 spiro atoms. The monoisotopic (exact) mass is 258 g/mol. The number of para-hydroxylation sites is 1. The van der Waals surface area contributed by atoms with Crippen LogP contribution < -0.4 is 0 Å². The van der Waals surface area contributed by atoms with Gasteiger partial charge in [0.1, 0.15) is 5.75 Å². The fraction of sp³-hybridized carbons (Fsp3) is 0. The summed E-state index contributed by atoms with van der Waals surface area (Å²) in [6.07, 6.45) is 1.58. The second-order valence-corrected chi connectivity index (χ2v) is 4.16. The minimum Gasteiger partial charge on any atom is -0.507 e. The van der Waals surface area contributed by atoms with Crippen LogP contribution in [0.15, 0.2) is 59.6 Å². The molecule has 0 amide bonds. The number of hydrogen-bond donors (Lipinski definition) is 1. The fourth-order valence-corrected chi connectivity index (χ4v) is 1.78.